The quantitative estimate of drug-likeness (QED) is 0.725. The van der Waals surface area contributed by atoms with Crippen LogP contribution in [-0.4, -0.2) is 25.5 Å². The molecule has 1 heterocycles. The molecule has 1 N–H and O–H groups in total. The molecule has 0 saturated heterocycles. The fraction of sp³-hybridized carbons (Fsp3) is 0.167. The molecule has 0 bridgehead atoms. The number of carbonyl (C=O) groups is 2. The number of amides is 2. The Morgan fingerprint density at radius 1 is 0.966 bits per heavy atom. The summed E-state index contributed by atoms with van der Waals surface area (Å²) < 4.78 is 5.16. The summed E-state index contributed by atoms with van der Waals surface area (Å²) in [6.07, 6.45) is 0.781. The second-order valence-electron chi connectivity index (χ2n) is 6.95. The number of nitrogens with zero attached hydrogens (tertiary/aromatic N) is 1. The van der Waals surface area contributed by atoms with E-state index in [-0.39, 0.29) is 11.8 Å². The molecule has 0 spiro atoms. The smallest absolute Gasteiger partial charge is 0.258 e. The molecular weight excluding hydrogens is 364 g/mol. The van der Waals surface area contributed by atoms with Crippen LogP contribution in [0.25, 0.3) is 0 Å². The normalized spacial score (nSPS) is 12.4. The van der Waals surface area contributed by atoms with Crippen LogP contribution in [0.2, 0.25) is 0 Å². The van der Waals surface area contributed by atoms with Crippen LogP contribution in [0.15, 0.2) is 72.8 Å². The molecule has 0 fully saturated rings. The molecule has 0 radical (unpaired) electrons. The number of carbonyl (C=O) groups excluding carboxylic acids is 2. The Morgan fingerprint density at radius 2 is 1.69 bits per heavy atom. The molecule has 1 aliphatic rings. The van der Waals surface area contributed by atoms with E-state index >= 15 is 0 Å². The minimum atomic E-state index is -0.152. The largest absolute Gasteiger partial charge is 0.497 e. The molecule has 2 amide bonds. The summed E-state index contributed by atoms with van der Waals surface area (Å²) in [6.45, 7) is 1.07. The maximum absolute atomic E-state index is 13.0. The van der Waals surface area contributed by atoms with Crippen LogP contribution < -0.4 is 15.0 Å². The van der Waals surface area contributed by atoms with Gasteiger partial charge in [0, 0.05) is 29.9 Å². The number of benzene rings is 3. The standard InChI is InChI=1S/C24H22N2O3/c1-29-21-11-9-19(10-12-21)24(28)26-14-13-18-7-8-20(15-22(18)26)23(27)25-16-17-5-3-2-4-6-17/h2-12,15H,13-14,16H2,1H3,(H,25,27). The maximum Gasteiger partial charge on any atom is 0.258 e. The van der Waals surface area contributed by atoms with Gasteiger partial charge in [-0.2, -0.15) is 0 Å². The van der Waals surface area contributed by atoms with Crippen LogP contribution >= 0.6 is 0 Å². The predicted molar refractivity (Wildman–Crippen MR) is 112 cm³/mol. The van der Waals surface area contributed by atoms with Crippen molar-refractivity contribution >= 4 is 17.5 Å². The molecule has 0 aliphatic carbocycles. The van der Waals surface area contributed by atoms with Gasteiger partial charge in [-0.05, 0) is 53.9 Å². The van der Waals surface area contributed by atoms with Gasteiger partial charge in [0.15, 0.2) is 0 Å². The molecule has 3 aromatic carbocycles. The highest BCUT2D eigenvalue weighted by atomic mass is 16.5. The zero-order valence-corrected chi connectivity index (χ0v) is 16.2. The Hall–Kier alpha value is -3.60. The Morgan fingerprint density at radius 3 is 2.41 bits per heavy atom. The summed E-state index contributed by atoms with van der Waals surface area (Å²) in [4.78, 5) is 27.3. The summed E-state index contributed by atoms with van der Waals surface area (Å²) in [6, 6.07) is 22.4. The van der Waals surface area contributed by atoms with Gasteiger partial charge in [-0.15, -0.1) is 0 Å². The molecule has 3 aromatic rings. The molecule has 5 nitrogen and oxygen atoms in total. The lowest BCUT2D eigenvalue weighted by molar-refractivity contribution is 0.0948. The Balaban J connectivity index is 1.51. The molecule has 0 atom stereocenters. The van der Waals surface area contributed by atoms with Crippen molar-refractivity contribution < 1.29 is 14.3 Å². The lowest BCUT2D eigenvalue weighted by Gasteiger charge is -2.18. The van der Waals surface area contributed by atoms with E-state index in [1.807, 2.05) is 48.5 Å². The first-order valence-electron chi connectivity index (χ1n) is 9.56. The minimum absolute atomic E-state index is 0.0757. The van der Waals surface area contributed by atoms with Gasteiger partial charge < -0.3 is 15.0 Å². The van der Waals surface area contributed by atoms with Crippen LogP contribution in [0.3, 0.4) is 0 Å². The summed E-state index contributed by atoms with van der Waals surface area (Å²) in [7, 11) is 1.60. The lowest BCUT2D eigenvalue weighted by Crippen LogP contribution is -2.29. The zero-order chi connectivity index (χ0) is 20.2. The number of fused-ring (bicyclic) bond motifs is 1. The van der Waals surface area contributed by atoms with Crippen LogP contribution in [0, 0.1) is 0 Å². The first kappa shape index (κ1) is 18.7. The molecule has 0 unspecified atom stereocenters. The average molecular weight is 386 g/mol. The van der Waals surface area contributed by atoms with Gasteiger partial charge in [0.2, 0.25) is 0 Å². The second-order valence-corrected chi connectivity index (χ2v) is 6.95. The summed E-state index contributed by atoms with van der Waals surface area (Å²) in [5, 5.41) is 2.94. The van der Waals surface area contributed by atoms with E-state index in [0.29, 0.717) is 30.0 Å². The van der Waals surface area contributed by atoms with Gasteiger partial charge >= 0.3 is 0 Å². The summed E-state index contributed by atoms with van der Waals surface area (Å²) in [5.41, 5.74) is 4.06. The van der Waals surface area contributed by atoms with Crippen molar-refractivity contribution in [2.24, 2.45) is 0 Å². The van der Waals surface area contributed by atoms with Crippen molar-refractivity contribution in [3.8, 4) is 5.75 Å². The van der Waals surface area contributed by atoms with Crippen molar-refractivity contribution in [3.63, 3.8) is 0 Å². The summed E-state index contributed by atoms with van der Waals surface area (Å²) in [5.74, 6) is 0.481. The third-order valence-electron chi connectivity index (χ3n) is 5.12. The number of rotatable bonds is 5. The van der Waals surface area contributed by atoms with Gasteiger partial charge in [-0.1, -0.05) is 36.4 Å². The zero-order valence-electron chi connectivity index (χ0n) is 16.2. The van der Waals surface area contributed by atoms with Crippen LogP contribution in [0.5, 0.6) is 5.75 Å². The van der Waals surface area contributed by atoms with Crippen LogP contribution in [-0.2, 0) is 13.0 Å². The Bertz CT molecular complexity index is 1030. The second kappa shape index (κ2) is 8.19. The number of ether oxygens (including phenoxy) is 1. The molecular formula is C24H22N2O3. The SMILES string of the molecule is COc1ccc(C(=O)N2CCc3ccc(C(=O)NCc4ccccc4)cc32)cc1. The molecule has 5 heteroatoms. The van der Waals surface area contributed by atoms with Crippen LogP contribution in [0.4, 0.5) is 5.69 Å². The van der Waals surface area contributed by atoms with E-state index in [4.69, 9.17) is 4.74 Å². The molecule has 1 aliphatic heterocycles. The van der Waals surface area contributed by atoms with E-state index in [1.165, 1.54) is 0 Å². The molecule has 146 valence electrons. The first-order valence-corrected chi connectivity index (χ1v) is 9.56. The van der Waals surface area contributed by atoms with Gasteiger partial charge in [0.25, 0.3) is 11.8 Å². The van der Waals surface area contributed by atoms with Gasteiger partial charge in [-0.3, -0.25) is 9.59 Å². The maximum atomic E-state index is 13.0. The third-order valence-corrected chi connectivity index (χ3v) is 5.12. The van der Waals surface area contributed by atoms with Crippen molar-refractivity contribution in [2.75, 3.05) is 18.6 Å². The monoisotopic (exact) mass is 386 g/mol. The fourth-order valence-electron chi connectivity index (χ4n) is 3.50. The van der Waals surface area contributed by atoms with Crippen molar-refractivity contribution in [1.29, 1.82) is 0 Å². The van der Waals surface area contributed by atoms with Gasteiger partial charge in [-0.25, -0.2) is 0 Å². The topological polar surface area (TPSA) is 58.6 Å². The summed E-state index contributed by atoms with van der Waals surface area (Å²) >= 11 is 0. The fourth-order valence-corrected chi connectivity index (χ4v) is 3.50. The number of anilines is 1. The number of hydrogen-bond acceptors (Lipinski definition) is 3. The van der Waals surface area contributed by atoms with E-state index < -0.39 is 0 Å². The van der Waals surface area contributed by atoms with E-state index in [1.54, 1.807) is 36.3 Å². The van der Waals surface area contributed by atoms with Gasteiger partial charge in [0.05, 0.1) is 7.11 Å². The van der Waals surface area contributed by atoms with Crippen molar-refractivity contribution in [2.45, 2.75) is 13.0 Å². The van der Waals surface area contributed by atoms with Crippen molar-refractivity contribution in [1.82, 2.24) is 5.32 Å². The highest BCUT2D eigenvalue weighted by Gasteiger charge is 2.26. The first-order chi connectivity index (χ1) is 14.2. The lowest BCUT2D eigenvalue weighted by atomic mass is 10.1. The highest BCUT2D eigenvalue weighted by molar-refractivity contribution is 6.08. The molecule has 0 aromatic heterocycles. The Kier molecular flexibility index (Phi) is 5.29. The molecule has 0 saturated carbocycles. The Labute approximate surface area is 169 Å². The number of nitrogens with one attached hydrogen (secondary N) is 1. The average Bonchev–Trinajstić information content (AvgIpc) is 3.21. The van der Waals surface area contributed by atoms with Gasteiger partial charge in [0.1, 0.15) is 5.75 Å². The van der Waals surface area contributed by atoms with Crippen LogP contribution in [0.1, 0.15) is 31.8 Å². The van der Waals surface area contributed by atoms with E-state index in [9.17, 15) is 9.59 Å². The predicted octanol–water partition coefficient (Wildman–Crippen LogP) is 3.83. The van der Waals surface area contributed by atoms with E-state index in [0.717, 1.165) is 23.2 Å². The third kappa shape index (κ3) is 3.99. The highest BCUT2D eigenvalue weighted by Crippen LogP contribution is 2.30. The van der Waals surface area contributed by atoms with Crippen molar-refractivity contribution in [3.05, 3.63) is 95.1 Å². The van der Waals surface area contributed by atoms with E-state index in [2.05, 4.69) is 5.32 Å². The molecule has 29 heavy (non-hydrogen) atoms. The number of methoxy groups -OCH3 is 1. The number of hydrogen-bond donors (Lipinski definition) is 1. The minimum Gasteiger partial charge on any atom is -0.497 e. The molecule has 4 rings (SSSR count).